The van der Waals surface area contributed by atoms with E-state index in [9.17, 15) is 4.79 Å². The SMILES string of the molecule is COc1nc(N)ccc1-c1cnn(C(=O)O)c1. The molecule has 0 radical (unpaired) electrons. The third-order valence-corrected chi connectivity index (χ3v) is 2.16. The van der Waals surface area contributed by atoms with Gasteiger partial charge < -0.3 is 15.6 Å². The van der Waals surface area contributed by atoms with E-state index < -0.39 is 6.09 Å². The van der Waals surface area contributed by atoms with Gasteiger partial charge in [-0.15, -0.1) is 0 Å². The Balaban J connectivity index is 2.48. The highest BCUT2D eigenvalue weighted by Gasteiger charge is 2.11. The summed E-state index contributed by atoms with van der Waals surface area (Å²) in [5, 5.41) is 12.4. The summed E-state index contributed by atoms with van der Waals surface area (Å²) in [4.78, 5) is 14.7. The maximum atomic E-state index is 10.7. The van der Waals surface area contributed by atoms with Gasteiger partial charge in [0.05, 0.1) is 13.3 Å². The van der Waals surface area contributed by atoms with Crippen molar-refractivity contribution in [2.45, 2.75) is 0 Å². The molecule has 2 rings (SSSR count). The Morgan fingerprint density at radius 1 is 1.53 bits per heavy atom. The number of methoxy groups -OCH3 is 1. The zero-order valence-corrected chi connectivity index (χ0v) is 8.99. The lowest BCUT2D eigenvalue weighted by atomic mass is 10.1. The van der Waals surface area contributed by atoms with Crippen molar-refractivity contribution in [3.05, 3.63) is 24.5 Å². The van der Waals surface area contributed by atoms with Gasteiger partial charge in [-0.2, -0.15) is 14.8 Å². The van der Waals surface area contributed by atoms with Gasteiger partial charge >= 0.3 is 6.09 Å². The molecule has 0 aliphatic rings. The lowest BCUT2D eigenvalue weighted by molar-refractivity contribution is 0.192. The number of nitrogen functional groups attached to an aromatic ring is 1. The van der Waals surface area contributed by atoms with Crippen LogP contribution in [0.5, 0.6) is 5.88 Å². The van der Waals surface area contributed by atoms with Crippen LogP contribution in [0.15, 0.2) is 24.5 Å². The maximum Gasteiger partial charge on any atom is 0.432 e. The third kappa shape index (κ3) is 2.03. The first-order chi connectivity index (χ1) is 8.11. The molecular weight excluding hydrogens is 224 g/mol. The molecule has 2 aromatic rings. The second kappa shape index (κ2) is 4.12. The number of ether oxygens (including phenoxy) is 1. The van der Waals surface area contributed by atoms with Gasteiger partial charge in [0, 0.05) is 17.3 Å². The Labute approximate surface area is 96.5 Å². The normalized spacial score (nSPS) is 10.2. The molecule has 7 heteroatoms. The minimum absolute atomic E-state index is 0.329. The number of carboxylic acid groups (broad SMARTS) is 1. The van der Waals surface area contributed by atoms with Gasteiger partial charge in [0.1, 0.15) is 5.82 Å². The Morgan fingerprint density at radius 3 is 2.88 bits per heavy atom. The van der Waals surface area contributed by atoms with Gasteiger partial charge in [-0.1, -0.05) is 0 Å². The summed E-state index contributed by atoms with van der Waals surface area (Å²) in [5.41, 5.74) is 6.76. The average molecular weight is 234 g/mol. The first-order valence-electron chi connectivity index (χ1n) is 4.70. The van der Waals surface area contributed by atoms with Crippen LogP contribution >= 0.6 is 0 Å². The number of carbonyl (C=O) groups is 1. The zero-order valence-electron chi connectivity index (χ0n) is 8.99. The number of hydrogen-bond donors (Lipinski definition) is 2. The van der Waals surface area contributed by atoms with E-state index in [0.717, 1.165) is 4.68 Å². The number of anilines is 1. The Bertz CT molecular complexity index is 564. The minimum atomic E-state index is -1.15. The van der Waals surface area contributed by atoms with Crippen molar-refractivity contribution in [2.24, 2.45) is 0 Å². The summed E-state index contributed by atoms with van der Waals surface area (Å²) in [5.74, 6) is 0.658. The van der Waals surface area contributed by atoms with Crippen LogP contribution in [0.2, 0.25) is 0 Å². The standard InChI is InChI=1S/C10H10N4O3/c1-17-9-7(2-3-8(11)13-9)6-4-12-14(5-6)10(15)16/h2-5H,1H3,(H2,11,13)(H,15,16). The lowest BCUT2D eigenvalue weighted by Gasteiger charge is -2.05. The van der Waals surface area contributed by atoms with E-state index in [1.165, 1.54) is 19.5 Å². The van der Waals surface area contributed by atoms with E-state index in [2.05, 4.69) is 10.1 Å². The molecule has 0 atom stereocenters. The zero-order chi connectivity index (χ0) is 12.4. The fourth-order valence-corrected chi connectivity index (χ4v) is 1.40. The molecule has 0 saturated heterocycles. The van der Waals surface area contributed by atoms with E-state index >= 15 is 0 Å². The molecule has 0 fully saturated rings. The fraction of sp³-hybridized carbons (Fsp3) is 0.100. The molecular formula is C10H10N4O3. The molecule has 3 N–H and O–H groups in total. The Hall–Kier alpha value is -2.57. The number of pyridine rings is 1. The highest BCUT2D eigenvalue weighted by atomic mass is 16.5. The highest BCUT2D eigenvalue weighted by Crippen LogP contribution is 2.28. The van der Waals surface area contributed by atoms with Crippen molar-refractivity contribution in [3.63, 3.8) is 0 Å². The van der Waals surface area contributed by atoms with E-state index in [1.54, 1.807) is 12.1 Å². The number of rotatable bonds is 2. The summed E-state index contributed by atoms with van der Waals surface area (Å²) in [7, 11) is 1.47. The quantitative estimate of drug-likeness (QED) is 0.805. The van der Waals surface area contributed by atoms with Gasteiger partial charge in [-0.25, -0.2) is 4.79 Å². The summed E-state index contributed by atoms with van der Waals surface area (Å²) in [6.07, 6.45) is 1.64. The van der Waals surface area contributed by atoms with Crippen molar-refractivity contribution in [1.29, 1.82) is 0 Å². The molecule has 0 amide bonds. The molecule has 0 spiro atoms. The molecule has 88 valence electrons. The number of nitrogens with two attached hydrogens (primary N) is 1. The Kier molecular flexibility index (Phi) is 2.65. The van der Waals surface area contributed by atoms with Gasteiger partial charge in [0.15, 0.2) is 0 Å². The number of nitrogens with zero attached hydrogens (tertiary/aromatic N) is 3. The molecule has 0 aromatic carbocycles. The highest BCUT2D eigenvalue weighted by molar-refractivity contribution is 5.73. The van der Waals surface area contributed by atoms with E-state index in [4.69, 9.17) is 15.6 Å². The minimum Gasteiger partial charge on any atom is -0.480 e. The van der Waals surface area contributed by atoms with Crippen LogP contribution in [-0.4, -0.2) is 33.1 Å². The lowest BCUT2D eigenvalue weighted by Crippen LogP contribution is -2.07. The number of hydrogen-bond acceptors (Lipinski definition) is 5. The summed E-state index contributed by atoms with van der Waals surface area (Å²) in [6, 6.07) is 3.31. The van der Waals surface area contributed by atoms with Crippen LogP contribution in [0.4, 0.5) is 10.6 Å². The van der Waals surface area contributed by atoms with E-state index in [0.29, 0.717) is 22.8 Å². The largest absolute Gasteiger partial charge is 0.480 e. The topological polar surface area (TPSA) is 103 Å². The molecule has 7 nitrogen and oxygen atoms in total. The van der Waals surface area contributed by atoms with Crippen LogP contribution in [0, 0.1) is 0 Å². The van der Waals surface area contributed by atoms with Crippen LogP contribution in [0.3, 0.4) is 0 Å². The summed E-state index contributed by atoms with van der Waals surface area (Å²) >= 11 is 0. The summed E-state index contributed by atoms with van der Waals surface area (Å²) < 4.78 is 5.89. The molecule has 2 heterocycles. The first kappa shape index (κ1) is 10.9. The van der Waals surface area contributed by atoms with Crippen molar-refractivity contribution >= 4 is 11.9 Å². The second-order valence-electron chi connectivity index (χ2n) is 3.25. The molecule has 2 aromatic heterocycles. The molecule has 0 aliphatic heterocycles. The van der Waals surface area contributed by atoms with Gasteiger partial charge in [-0.05, 0) is 12.1 Å². The van der Waals surface area contributed by atoms with Crippen LogP contribution < -0.4 is 10.5 Å². The van der Waals surface area contributed by atoms with E-state index in [-0.39, 0.29) is 0 Å². The summed E-state index contributed by atoms with van der Waals surface area (Å²) in [6.45, 7) is 0. The maximum absolute atomic E-state index is 10.7. The fourth-order valence-electron chi connectivity index (χ4n) is 1.40. The van der Waals surface area contributed by atoms with Gasteiger partial charge in [0.2, 0.25) is 5.88 Å². The van der Waals surface area contributed by atoms with Crippen molar-refractivity contribution in [3.8, 4) is 17.0 Å². The van der Waals surface area contributed by atoms with Crippen LogP contribution in [0.25, 0.3) is 11.1 Å². The molecule has 0 bridgehead atoms. The third-order valence-electron chi connectivity index (χ3n) is 2.16. The smallest absolute Gasteiger partial charge is 0.432 e. The predicted molar refractivity (Wildman–Crippen MR) is 59.8 cm³/mol. The van der Waals surface area contributed by atoms with Crippen molar-refractivity contribution in [1.82, 2.24) is 14.8 Å². The predicted octanol–water partition coefficient (Wildman–Crippen LogP) is 1.06. The van der Waals surface area contributed by atoms with Crippen molar-refractivity contribution < 1.29 is 14.6 Å². The Morgan fingerprint density at radius 2 is 2.29 bits per heavy atom. The average Bonchev–Trinajstić information content (AvgIpc) is 2.78. The molecule has 0 unspecified atom stereocenters. The second-order valence-corrected chi connectivity index (χ2v) is 3.25. The molecule has 0 saturated carbocycles. The monoisotopic (exact) mass is 234 g/mol. The van der Waals surface area contributed by atoms with Crippen LogP contribution in [-0.2, 0) is 0 Å². The number of aromatic nitrogens is 3. The molecule has 0 aliphatic carbocycles. The molecule has 17 heavy (non-hydrogen) atoms. The van der Waals surface area contributed by atoms with Crippen molar-refractivity contribution in [2.75, 3.05) is 12.8 Å². The van der Waals surface area contributed by atoms with E-state index in [1.807, 2.05) is 0 Å². The van der Waals surface area contributed by atoms with Gasteiger partial charge in [0.25, 0.3) is 0 Å². The van der Waals surface area contributed by atoms with Gasteiger partial charge in [-0.3, -0.25) is 0 Å². The van der Waals surface area contributed by atoms with Crippen LogP contribution in [0.1, 0.15) is 0 Å². The first-order valence-corrected chi connectivity index (χ1v) is 4.70.